The Morgan fingerprint density at radius 2 is 1.75 bits per heavy atom. The van der Waals surface area contributed by atoms with Gasteiger partial charge in [-0.05, 0) is 17.7 Å². The molecule has 0 aliphatic carbocycles. The molecule has 1 saturated heterocycles. The average molecular weight is 499 g/mol. The maximum Gasteiger partial charge on any atom is 0.335 e. The number of non-ortho nitro benzene ring substituents is 1. The Morgan fingerprint density at radius 1 is 1.16 bits per heavy atom. The van der Waals surface area contributed by atoms with Crippen molar-refractivity contribution in [2.75, 3.05) is 6.61 Å². The fraction of sp³-hybridized carbons (Fsp3) is 0.529. The monoisotopic (exact) mass is 498 g/mol. The van der Waals surface area contributed by atoms with Crippen LogP contribution in [0.3, 0.4) is 0 Å². The molecule has 1 aliphatic heterocycles. The van der Waals surface area contributed by atoms with Gasteiger partial charge < -0.3 is 40.3 Å². The number of nitrogens with zero attached hydrogens (tertiary/aromatic N) is 1. The minimum atomic E-state index is -1.93. The van der Waals surface area contributed by atoms with Crippen LogP contribution in [0, 0.1) is 10.1 Å². The van der Waals surface area contributed by atoms with Gasteiger partial charge in [0.1, 0.15) is 24.4 Å². The lowest BCUT2D eigenvalue weighted by Crippen LogP contribution is -2.61. The highest BCUT2D eigenvalue weighted by Gasteiger charge is 2.47. The summed E-state index contributed by atoms with van der Waals surface area (Å²) < 4.78 is 10.2. The molecule has 32 heavy (non-hydrogen) atoms. The van der Waals surface area contributed by atoms with Gasteiger partial charge in [-0.3, -0.25) is 14.9 Å². The van der Waals surface area contributed by atoms with Crippen molar-refractivity contribution in [2.45, 2.75) is 47.7 Å². The average Bonchev–Trinajstić information content (AvgIpc) is 2.75. The van der Waals surface area contributed by atoms with Crippen molar-refractivity contribution in [3.8, 4) is 0 Å². The van der Waals surface area contributed by atoms with Crippen LogP contribution in [0.4, 0.5) is 5.69 Å². The molecule has 0 bridgehead atoms. The fourth-order valence-electron chi connectivity index (χ4n) is 2.87. The summed E-state index contributed by atoms with van der Waals surface area (Å²) in [6.07, 6.45) is -10.9. The zero-order valence-electron chi connectivity index (χ0n) is 16.0. The molecule has 1 amide bonds. The van der Waals surface area contributed by atoms with Gasteiger partial charge in [-0.1, -0.05) is 23.2 Å². The molecule has 7 atom stereocenters. The van der Waals surface area contributed by atoms with Crippen molar-refractivity contribution in [1.29, 1.82) is 0 Å². The van der Waals surface area contributed by atoms with E-state index in [1.165, 1.54) is 12.1 Å². The molecular formula is C17H20Cl2N2O11. The summed E-state index contributed by atoms with van der Waals surface area (Å²) in [5.41, 5.74) is -0.112. The highest BCUT2D eigenvalue weighted by molar-refractivity contribution is 6.53. The molecule has 6 N–H and O–H groups in total. The number of carboxylic acid groups (broad SMARTS) is 1. The lowest BCUT2D eigenvalue weighted by molar-refractivity contribution is -0.384. The van der Waals surface area contributed by atoms with Gasteiger partial charge in [-0.15, -0.1) is 0 Å². The number of aliphatic hydroxyl groups excluding tert-OH is 4. The maximum atomic E-state index is 11.9. The van der Waals surface area contributed by atoms with Gasteiger partial charge in [0.05, 0.1) is 17.6 Å². The van der Waals surface area contributed by atoms with E-state index in [1.54, 1.807) is 0 Å². The Hall–Kier alpha value is -2.10. The van der Waals surface area contributed by atoms with Gasteiger partial charge in [0.2, 0.25) is 0 Å². The summed E-state index contributed by atoms with van der Waals surface area (Å²) in [6, 6.07) is 3.40. The molecule has 13 nitrogen and oxygen atoms in total. The SMILES string of the molecule is O=C(N[C@H](COC1O[C@H](C(=O)O)[C@@H](O)[C@H](O)[C@H]1O)[C@H](O)c1ccc([N+](=O)[O-])cc1)C(Cl)Cl. The molecule has 178 valence electrons. The fourth-order valence-corrected chi connectivity index (χ4v) is 3.00. The summed E-state index contributed by atoms with van der Waals surface area (Å²) in [6.45, 7) is -0.610. The van der Waals surface area contributed by atoms with E-state index < -0.39 is 71.1 Å². The van der Waals surface area contributed by atoms with Crippen LogP contribution in [0.5, 0.6) is 0 Å². The van der Waals surface area contributed by atoms with Crippen molar-refractivity contribution in [3.05, 3.63) is 39.9 Å². The third-order valence-electron chi connectivity index (χ3n) is 4.61. The van der Waals surface area contributed by atoms with E-state index in [1.807, 2.05) is 0 Å². The maximum absolute atomic E-state index is 11.9. The van der Waals surface area contributed by atoms with Crippen LogP contribution >= 0.6 is 23.2 Å². The van der Waals surface area contributed by atoms with Crippen LogP contribution in [-0.2, 0) is 19.1 Å². The van der Waals surface area contributed by atoms with E-state index in [0.29, 0.717) is 0 Å². The highest BCUT2D eigenvalue weighted by atomic mass is 35.5. The third-order valence-corrected chi connectivity index (χ3v) is 5.00. The molecule has 1 aromatic carbocycles. The van der Waals surface area contributed by atoms with Crippen LogP contribution in [0.25, 0.3) is 0 Å². The number of alkyl halides is 2. The number of nitro groups is 1. The molecule has 1 fully saturated rings. The number of hydrogen-bond acceptors (Lipinski definition) is 10. The largest absolute Gasteiger partial charge is 0.479 e. The molecule has 1 heterocycles. The first-order valence-corrected chi connectivity index (χ1v) is 9.86. The van der Waals surface area contributed by atoms with Crippen LogP contribution in [-0.4, -0.2) is 90.5 Å². The summed E-state index contributed by atoms with van der Waals surface area (Å²) >= 11 is 11.0. The molecule has 0 radical (unpaired) electrons. The number of amides is 1. The van der Waals surface area contributed by atoms with Crippen molar-refractivity contribution < 1.29 is 49.5 Å². The minimum absolute atomic E-state index is 0.133. The van der Waals surface area contributed by atoms with E-state index in [2.05, 4.69) is 5.32 Å². The first-order chi connectivity index (χ1) is 14.9. The lowest BCUT2D eigenvalue weighted by Gasteiger charge is -2.39. The molecule has 2 rings (SSSR count). The smallest absolute Gasteiger partial charge is 0.335 e. The first-order valence-electron chi connectivity index (χ1n) is 8.99. The normalized spacial score (nSPS) is 27.5. The zero-order valence-corrected chi connectivity index (χ0v) is 17.5. The van der Waals surface area contributed by atoms with Gasteiger partial charge in [0.15, 0.2) is 17.2 Å². The standard InChI is InChI=1S/C17H20Cl2N2O11/c18-14(19)15(26)20-8(9(22)6-1-3-7(4-2-6)21(29)30)5-31-17-12(25)10(23)11(24)13(32-17)16(27)28/h1-4,8-14,17,22-25H,5H2,(H,20,26)(H,27,28)/t8-,9-,10+,11+,12-,13+,17?/m1/s1. The van der Waals surface area contributed by atoms with E-state index >= 15 is 0 Å². The van der Waals surface area contributed by atoms with Gasteiger partial charge in [-0.25, -0.2) is 4.79 Å². The number of carbonyl (C=O) groups excluding carboxylic acids is 1. The number of rotatable bonds is 9. The predicted molar refractivity (Wildman–Crippen MR) is 106 cm³/mol. The number of aliphatic carboxylic acids is 1. The number of nitro benzene ring substituents is 1. The van der Waals surface area contributed by atoms with Crippen LogP contribution < -0.4 is 5.32 Å². The van der Waals surface area contributed by atoms with Crippen molar-refractivity contribution in [2.24, 2.45) is 0 Å². The van der Waals surface area contributed by atoms with Crippen LogP contribution in [0.1, 0.15) is 11.7 Å². The Kier molecular flexibility index (Phi) is 9.12. The molecule has 15 heteroatoms. The Morgan fingerprint density at radius 3 is 2.25 bits per heavy atom. The quantitative estimate of drug-likeness (QED) is 0.135. The van der Waals surface area contributed by atoms with Crippen molar-refractivity contribution >= 4 is 40.8 Å². The number of nitrogens with one attached hydrogen (secondary N) is 1. The molecular weight excluding hydrogens is 479 g/mol. The second-order valence-corrected chi connectivity index (χ2v) is 7.87. The van der Waals surface area contributed by atoms with E-state index in [4.69, 9.17) is 37.8 Å². The van der Waals surface area contributed by atoms with Gasteiger partial charge in [-0.2, -0.15) is 0 Å². The summed E-state index contributed by atoms with van der Waals surface area (Å²) in [5, 5.41) is 62.4. The number of carbonyl (C=O) groups is 2. The number of halogens is 2. The number of hydrogen-bond donors (Lipinski definition) is 6. The zero-order chi connectivity index (χ0) is 24.2. The molecule has 0 spiro atoms. The van der Waals surface area contributed by atoms with Crippen molar-refractivity contribution in [1.82, 2.24) is 5.32 Å². The molecule has 1 aromatic rings. The van der Waals surface area contributed by atoms with Crippen LogP contribution in [0.2, 0.25) is 0 Å². The number of aliphatic hydroxyl groups is 4. The minimum Gasteiger partial charge on any atom is -0.479 e. The number of carboxylic acids is 1. The summed E-state index contributed by atoms with van der Waals surface area (Å²) in [7, 11) is 0. The second kappa shape index (κ2) is 11.2. The summed E-state index contributed by atoms with van der Waals surface area (Å²) in [4.78, 5) is 31.7. The Labute approximate surface area is 190 Å². The Bertz CT molecular complexity index is 825. The van der Waals surface area contributed by atoms with E-state index in [-0.39, 0.29) is 11.3 Å². The highest BCUT2D eigenvalue weighted by Crippen LogP contribution is 2.25. The molecule has 1 unspecified atom stereocenters. The Balaban J connectivity index is 2.18. The van der Waals surface area contributed by atoms with Gasteiger partial charge in [0, 0.05) is 12.1 Å². The summed E-state index contributed by atoms with van der Waals surface area (Å²) in [5.74, 6) is -2.55. The molecule has 1 aliphatic rings. The molecule has 0 aromatic heterocycles. The van der Waals surface area contributed by atoms with Gasteiger partial charge in [0.25, 0.3) is 11.6 Å². The lowest BCUT2D eigenvalue weighted by atomic mass is 9.99. The van der Waals surface area contributed by atoms with E-state index in [9.17, 15) is 40.1 Å². The second-order valence-electron chi connectivity index (χ2n) is 6.78. The third kappa shape index (κ3) is 6.24. The number of ether oxygens (including phenoxy) is 2. The van der Waals surface area contributed by atoms with Crippen LogP contribution in [0.15, 0.2) is 24.3 Å². The first kappa shape index (κ1) is 26.2. The molecule has 0 saturated carbocycles. The van der Waals surface area contributed by atoms with Crippen molar-refractivity contribution in [3.63, 3.8) is 0 Å². The predicted octanol–water partition coefficient (Wildman–Crippen LogP) is -1.17. The number of benzene rings is 1. The van der Waals surface area contributed by atoms with Gasteiger partial charge >= 0.3 is 5.97 Å². The van der Waals surface area contributed by atoms with E-state index in [0.717, 1.165) is 12.1 Å². The topological polar surface area (TPSA) is 209 Å².